The van der Waals surface area contributed by atoms with E-state index in [0.29, 0.717) is 18.6 Å². The van der Waals surface area contributed by atoms with E-state index < -0.39 is 0 Å². The minimum absolute atomic E-state index is 0.337. The third-order valence-electron chi connectivity index (χ3n) is 3.24. The molecule has 0 aliphatic rings. The lowest BCUT2D eigenvalue weighted by molar-refractivity contribution is -0.118. The summed E-state index contributed by atoms with van der Waals surface area (Å²) in [5, 5.41) is 1.13. The molecule has 0 atom stereocenters. The highest BCUT2D eigenvalue weighted by molar-refractivity contribution is 5.86. The van der Waals surface area contributed by atoms with E-state index in [1.807, 2.05) is 19.1 Å². The number of benzene rings is 1. The Bertz CT molecular complexity index is 542. The molecule has 3 heteroatoms. The zero-order valence-corrected chi connectivity index (χ0v) is 11.0. The van der Waals surface area contributed by atoms with Crippen LogP contribution in [0.2, 0.25) is 0 Å². The summed E-state index contributed by atoms with van der Waals surface area (Å²) in [6, 6.07) is 8.11. The van der Waals surface area contributed by atoms with Gasteiger partial charge in [0.2, 0.25) is 0 Å². The average Bonchev–Trinajstić information content (AvgIpc) is 2.82. The SMILES string of the molecule is CCC(=O)CCCn1ccc2c(OC)cccc21. The zero-order chi connectivity index (χ0) is 13.0. The predicted molar refractivity (Wildman–Crippen MR) is 73.0 cm³/mol. The Labute approximate surface area is 107 Å². The third-order valence-corrected chi connectivity index (χ3v) is 3.24. The van der Waals surface area contributed by atoms with Gasteiger partial charge in [-0.3, -0.25) is 4.79 Å². The van der Waals surface area contributed by atoms with Crippen molar-refractivity contribution in [3.63, 3.8) is 0 Å². The molecule has 3 nitrogen and oxygen atoms in total. The first-order valence-electron chi connectivity index (χ1n) is 6.39. The molecule has 0 saturated heterocycles. The number of aryl methyl sites for hydroxylation is 1. The van der Waals surface area contributed by atoms with Crippen molar-refractivity contribution in [3.8, 4) is 5.75 Å². The van der Waals surface area contributed by atoms with Crippen LogP contribution in [0.4, 0.5) is 0 Å². The van der Waals surface area contributed by atoms with Gasteiger partial charge in [-0.2, -0.15) is 0 Å². The molecule has 0 bridgehead atoms. The molecule has 0 spiro atoms. The molecule has 0 amide bonds. The second-order valence-electron chi connectivity index (χ2n) is 4.40. The van der Waals surface area contributed by atoms with Gasteiger partial charge in [0.15, 0.2) is 0 Å². The summed E-state index contributed by atoms with van der Waals surface area (Å²) in [6.07, 6.45) is 4.26. The molecular weight excluding hydrogens is 226 g/mol. The van der Waals surface area contributed by atoms with Crippen molar-refractivity contribution in [2.24, 2.45) is 0 Å². The Morgan fingerprint density at radius 1 is 1.33 bits per heavy atom. The number of carbonyl (C=O) groups is 1. The number of fused-ring (bicyclic) bond motifs is 1. The lowest BCUT2D eigenvalue weighted by Crippen LogP contribution is -2.00. The maximum atomic E-state index is 11.3. The van der Waals surface area contributed by atoms with Crippen molar-refractivity contribution in [1.82, 2.24) is 4.57 Å². The molecule has 2 aromatic rings. The molecule has 0 aliphatic carbocycles. The van der Waals surface area contributed by atoms with Crippen LogP contribution in [0.1, 0.15) is 26.2 Å². The minimum Gasteiger partial charge on any atom is -0.496 e. The molecule has 0 radical (unpaired) electrons. The Balaban J connectivity index is 2.12. The smallest absolute Gasteiger partial charge is 0.132 e. The molecule has 18 heavy (non-hydrogen) atoms. The lowest BCUT2D eigenvalue weighted by atomic mass is 10.2. The molecule has 1 aromatic heterocycles. The van der Waals surface area contributed by atoms with Crippen molar-refractivity contribution in [2.45, 2.75) is 32.7 Å². The predicted octanol–water partition coefficient (Wildman–Crippen LogP) is 3.41. The first-order chi connectivity index (χ1) is 8.76. The average molecular weight is 245 g/mol. The van der Waals surface area contributed by atoms with Crippen LogP contribution < -0.4 is 4.74 Å². The highest BCUT2D eigenvalue weighted by atomic mass is 16.5. The lowest BCUT2D eigenvalue weighted by Gasteiger charge is -2.06. The number of carbonyl (C=O) groups excluding carboxylic acids is 1. The normalized spacial score (nSPS) is 10.8. The van der Waals surface area contributed by atoms with E-state index in [9.17, 15) is 4.79 Å². The van der Waals surface area contributed by atoms with Gasteiger partial charge in [-0.15, -0.1) is 0 Å². The number of hydrogen-bond donors (Lipinski definition) is 0. The molecule has 1 heterocycles. The van der Waals surface area contributed by atoms with Crippen molar-refractivity contribution in [3.05, 3.63) is 30.5 Å². The van der Waals surface area contributed by atoms with Crippen LogP contribution in [0.5, 0.6) is 5.75 Å². The molecule has 0 unspecified atom stereocenters. The maximum absolute atomic E-state index is 11.3. The van der Waals surface area contributed by atoms with E-state index in [1.165, 1.54) is 5.52 Å². The standard InChI is InChI=1S/C15H19NO2/c1-3-12(17)6-5-10-16-11-9-13-14(16)7-4-8-15(13)18-2/h4,7-9,11H,3,5-6,10H2,1-2H3. The summed E-state index contributed by atoms with van der Waals surface area (Å²) in [4.78, 5) is 11.3. The number of ether oxygens (including phenoxy) is 1. The van der Waals surface area contributed by atoms with Crippen LogP contribution >= 0.6 is 0 Å². The van der Waals surface area contributed by atoms with Gasteiger partial charge in [-0.05, 0) is 24.6 Å². The van der Waals surface area contributed by atoms with Gasteiger partial charge in [-0.1, -0.05) is 13.0 Å². The number of Topliss-reactive ketones (excluding diaryl/α,β-unsaturated/α-hetero) is 1. The zero-order valence-electron chi connectivity index (χ0n) is 11.0. The summed E-state index contributed by atoms with van der Waals surface area (Å²) >= 11 is 0. The van der Waals surface area contributed by atoms with Crippen LogP contribution in [-0.2, 0) is 11.3 Å². The van der Waals surface area contributed by atoms with E-state index in [-0.39, 0.29) is 0 Å². The van der Waals surface area contributed by atoms with E-state index in [4.69, 9.17) is 4.74 Å². The Hall–Kier alpha value is -1.77. The van der Waals surface area contributed by atoms with Gasteiger partial charge < -0.3 is 9.30 Å². The second-order valence-corrected chi connectivity index (χ2v) is 4.40. The van der Waals surface area contributed by atoms with Crippen LogP contribution in [0, 0.1) is 0 Å². The molecule has 96 valence electrons. The van der Waals surface area contributed by atoms with Crippen molar-refractivity contribution < 1.29 is 9.53 Å². The summed E-state index contributed by atoms with van der Waals surface area (Å²) in [7, 11) is 1.69. The van der Waals surface area contributed by atoms with E-state index >= 15 is 0 Å². The number of ketones is 1. The van der Waals surface area contributed by atoms with Crippen LogP contribution in [0.3, 0.4) is 0 Å². The van der Waals surface area contributed by atoms with Crippen molar-refractivity contribution in [1.29, 1.82) is 0 Å². The maximum Gasteiger partial charge on any atom is 0.132 e. The number of methoxy groups -OCH3 is 1. The summed E-state index contributed by atoms with van der Waals surface area (Å²) in [5.41, 5.74) is 1.17. The van der Waals surface area contributed by atoms with Crippen LogP contribution in [0.25, 0.3) is 10.9 Å². The van der Waals surface area contributed by atoms with Crippen LogP contribution in [-0.4, -0.2) is 17.5 Å². The van der Waals surface area contributed by atoms with Gasteiger partial charge in [0.25, 0.3) is 0 Å². The molecule has 0 N–H and O–H groups in total. The monoisotopic (exact) mass is 245 g/mol. The highest BCUT2D eigenvalue weighted by Gasteiger charge is 2.06. The van der Waals surface area contributed by atoms with Gasteiger partial charge in [-0.25, -0.2) is 0 Å². The van der Waals surface area contributed by atoms with E-state index in [2.05, 4.69) is 22.9 Å². The molecule has 1 aromatic carbocycles. The minimum atomic E-state index is 0.337. The third kappa shape index (κ3) is 2.55. The number of aromatic nitrogens is 1. The first-order valence-corrected chi connectivity index (χ1v) is 6.39. The number of nitrogens with zero attached hydrogens (tertiary/aromatic N) is 1. The Kier molecular flexibility index (Phi) is 4.03. The Morgan fingerprint density at radius 2 is 2.17 bits per heavy atom. The quantitative estimate of drug-likeness (QED) is 0.781. The van der Waals surface area contributed by atoms with Crippen molar-refractivity contribution in [2.75, 3.05) is 7.11 Å². The topological polar surface area (TPSA) is 31.2 Å². The van der Waals surface area contributed by atoms with E-state index in [0.717, 1.165) is 24.1 Å². The summed E-state index contributed by atoms with van der Waals surface area (Å²) in [5.74, 6) is 1.24. The second kappa shape index (κ2) is 5.71. The van der Waals surface area contributed by atoms with Gasteiger partial charge in [0.1, 0.15) is 11.5 Å². The summed E-state index contributed by atoms with van der Waals surface area (Å²) < 4.78 is 7.51. The van der Waals surface area contributed by atoms with Crippen LogP contribution in [0.15, 0.2) is 30.5 Å². The first kappa shape index (κ1) is 12.7. The number of hydrogen-bond acceptors (Lipinski definition) is 2. The van der Waals surface area contributed by atoms with Gasteiger partial charge in [0.05, 0.1) is 12.6 Å². The van der Waals surface area contributed by atoms with E-state index in [1.54, 1.807) is 7.11 Å². The summed E-state index contributed by atoms with van der Waals surface area (Å²) in [6.45, 7) is 2.79. The van der Waals surface area contributed by atoms with Crippen molar-refractivity contribution >= 4 is 16.7 Å². The fourth-order valence-electron chi connectivity index (χ4n) is 2.19. The fourth-order valence-corrected chi connectivity index (χ4v) is 2.19. The van der Waals surface area contributed by atoms with Gasteiger partial charge >= 0.3 is 0 Å². The molecule has 0 aliphatic heterocycles. The van der Waals surface area contributed by atoms with Gasteiger partial charge in [0, 0.05) is 31.0 Å². The molecule has 0 fully saturated rings. The largest absolute Gasteiger partial charge is 0.496 e. The number of rotatable bonds is 6. The molecular formula is C15H19NO2. The highest BCUT2D eigenvalue weighted by Crippen LogP contribution is 2.26. The fraction of sp³-hybridized carbons (Fsp3) is 0.400. The Morgan fingerprint density at radius 3 is 2.89 bits per heavy atom. The molecule has 2 rings (SSSR count). The molecule has 0 saturated carbocycles.